The maximum atomic E-state index is 6.94. The van der Waals surface area contributed by atoms with Gasteiger partial charge in [-0.05, 0) is 88.3 Å². The van der Waals surface area contributed by atoms with Gasteiger partial charge in [0.25, 0.3) is 0 Å². The summed E-state index contributed by atoms with van der Waals surface area (Å²) in [5, 5.41) is 7.06. The lowest BCUT2D eigenvalue weighted by molar-refractivity contribution is 0.660. The number of fused-ring (bicyclic) bond motifs is 11. The molecule has 2 aromatic heterocycles. The molecule has 1 aliphatic rings. The highest BCUT2D eigenvalue weighted by atomic mass is 16.3. The van der Waals surface area contributed by atoms with Crippen molar-refractivity contribution < 1.29 is 4.42 Å². The van der Waals surface area contributed by atoms with Crippen molar-refractivity contribution in [2.24, 2.45) is 0 Å². The van der Waals surface area contributed by atoms with E-state index in [2.05, 4.69) is 193 Å². The van der Waals surface area contributed by atoms with Gasteiger partial charge in [0.2, 0.25) is 0 Å². The van der Waals surface area contributed by atoms with Crippen molar-refractivity contribution in [1.29, 1.82) is 0 Å². The predicted octanol–water partition coefficient (Wildman–Crippen LogP) is 13.6. The van der Waals surface area contributed by atoms with Crippen molar-refractivity contribution in [2.45, 2.75) is 19.3 Å². The predicted molar refractivity (Wildman–Crippen MR) is 218 cm³/mol. The minimum Gasteiger partial charge on any atom is -0.453 e. The number of para-hydroxylation sites is 3. The van der Waals surface area contributed by atoms with Crippen molar-refractivity contribution in [3.8, 4) is 16.8 Å². The summed E-state index contributed by atoms with van der Waals surface area (Å²) < 4.78 is 9.31. The lowest BCUT2D eigenvalue weighted by Crippen LogP contribution is -2.16. The molecule has 0 spiro atoms. The summed E-state index contributed by atoms with van der Waals surface area (Å²) in [5.41, 5.74) is 13.7. The minimum atomic E-state index is -0.127. The summed E-state index contributed by atoms with van der Waals surface area (Å²) in [6.07, 6.45) is 0. The summed E-state index contributed by atoms with van der Waals surface area (Å²) in [4.78, 5) is 2.38. The fraction of sp³-hybridized carbons (Fsp3) is 0.0612. The van der Waals surface area contributed by atoms with Crippen LogP contribution in [0.25, 0.3) is 71.3 Å². The monoisotopic (exact) mass is 666 g/mol. The highest BCUT2D eigenvalue weighted by Gasteiger charge is 2.36. The Morgan fingerprint density at radius 1 is 0.462 bits per heavy atom. The van der Waals surface area contributed by atoms with Gasteiger partial charge in [0.05, 0.1) is 16.7 Å². The average molecular weight is 667 g/mol. The van der Waals surface area contributed by atoms with E-state index in [1.165, 1.54) is 49.4 Å². The third-order valence-corrected chi connectivity index (χ3v) is 11.4. The van der Waals surface area contributed by atoms with Gasteiger partial charge in [0.1, 0.15) is 5.58 Å². The van der Waals surface area contributed by atoms with Gasteiger partial charge in [0.15, 0.2) is 5.58 Å². The maximum Gasteiger partial charge on any atom is 0.159 e. The Morgan fingerprint density at radius 2 is 1.08 bits per heavy atom. The number of furan rings is 1. The molecule has 3 nitrogen and oxygen atoms in total. The number of rotatable bonds is 4. The van der Waals surface area contributed by atoms with Gasteiger partial charge in [-0.15, -0.1) is 0 Å². The van der Waals surface area contributed by atoms with E-state index in [1.807, 2.05) is 0 Å². The molecule has 1 aliphatic carbocycles. The molecule has 11 rings (SSSR count). The fourth-order valence-electron chi connectivity index (χ4n) is 8.90. The van der Waals surface area contributed by atoms with Gasteiger partial charge in [-0.25, -0.2) is 0 Å². The van der Waals surface area contributed by atoms with Crippen LogP contribution in [0.5, 0.6) is 0 Å². The van der Waals surface area contributed by atoms with Gasteiger partial charge >= 0.3 is 0 Å². The first-order chi connectivity index (χ1) is 25.6. The van der Waals surface area contributed by atoms with Gasteiger partial charge in [-0.1, -0.05) is 123 Å². The molecule has 0 saturated carbocycles. The molecule has 0 aliphatic heterocycles. The average Bonchev–Trinajstić information content (AvgIpc) is 3.82. The van der Waals surface area contributed by atoms with Gasteiger partial charge in [-0.3, -0.25) is 0 Å². The van der Waals surface area contributed by atoms with Crippen LogP contribution in [0.3, 0.4) is 0 Å². The number of benzene rings is 8. The van der Waals surface area contributed by atoms with Crippen LogP contribution < -0.4 is 4.90 Å². The fourth-order valence-corrected chi connectivity index (χ4v) is 8.90. The molecule has 0 radical (unpaired) electrons. The van der Waals surface area contributed by atoms with Crippen LogP contribution in [-0.4, -0.2) is 4.57 Å². The van der Waals surface area contributed by atoms with Crippen LogP contribution in [0, 0.1) is 0 Å². The van der Waals surface area contributed by atoms with E-state index in [9.17, 15) is 0 Å². The van der Waals surface area contributed by atoms with Gasteiger partial charge in [0, 0.05) is 49.4 Å². The highest BCUT2D eigenvalue weighted by Crippen LogP contribution is 2.51. The van der Waals surface area contributed by atoms with Crippen LogP contribution in [0.2, 0.25) is 0 Å². The molecule has 0 bridgehead atoms. The normalized spacial score (nSPS) is 13.3. The highest BCUT2D eigenvalue weighted by molar-refractivity contribution is 6.17. The van der Waals surface area contributed by atoms with E-state index in [-0.39, 0.29) is 5.41 Å². The number of nitrogens with zero attached hydrogens (tertiary/aromatic N) is 2. The molecule has 8 aromatic carbocycles. The van der Waals surface area contributed by atoms with Gasteiger partial charge in [-0.2, -0.15) is 0 Å². The van der Waals surface area contributed by atoms with Crippen LogP contribution in [-0.2, 0) is 5.41 Å². The Labute approximate surface area is 301 Å². The van der Waals surface area contributed by atoms with Crippen molar-refractivity contribution in [1.82, 2.24) is 4.57 Å². The third kappa shape index (κ3) is 4.02. The molecule has 3 heteroatoms. The second kappa shape index (κ2) is 10.7. The lowest BCUT2D eigenvalue weighted by atomic mass is 9.82. The van der Waals surface area contributed by atoms with Crippen LogP contribution >= 0.6 is 0 Å². The van der Waals surface area contributed by atoms with E-state index in [1.54, 1.807) is 0 Å². The number of hydrogen-bond acceptors (Lipinski definition) is 2. The van der Waals surface area contributed by atoms with E-state index in [0.29, 0.717) is 0 Å². The zero-order chi connectivity index (χ0) is 34.6. The number of anilines is 3. The zero-order valence-corrected chi connectivity index (χ0v) is 29.0. The maximum absolute atomic E-state index is 6.94. The molecule has 0 fully saturated rings. The molecule has 0 saturated heterocycles. The Hall–Kier alpha value is -6.58. The van der Waals surface area contributed by atoms with E-state index in [4.69, 9.17) is 4.42 Å². The smallest absolute Gasteiger partial charge is 0.159 e. The summed E-state index contributed by atoms with van der Waals surface area (Å²) in [7, 11) is 0. The van der Waals surface area contributed by atoms with Crippen molar-refractivity contribution in [3.63, 3.8) is 0 Å². The standard InChI is InChI=1S/C49H34N2O/c1-49(2)42-18-8-5-14-36(42)37-29-27-34(30-43(37)49)50(46-21-11-17-40-41-28-22-31-12-3-4-13-35(31)47(41)52-48(40)46)32-23-25-33(26-24-32)51-44-19-9-6-15-38(44)39-16-7-10-20-45(39)51/h3-30H,1-2H3. The molecular formula is C49H34N2O. The zero-order valence-electron chi connectivity index (χ0n) is 29.0. The molecule has 0 amide bonds. The first kappa shape index (κ1) is 29.2. The molecule has 52 heavy (non-hydrogen) atoms. The second-order valence-corrected chi connectivity index (χ2v) is 14.5. The Bertz CT molecular complexity index is 3000. The van der Waals surface area contributed by atoms with Crippen molar-refractivity contribution in [2.75, 3.05) is 4.90 Å². The molecule has 0 atom stereocenters. The van der Waals surface area contributed by atoms with Crippen molar-refractivity contribution in [3.05, 3.63) is 181 Å². The first-order valence-electron chi connectivity index (χ1n) is 18.0. The molecule has 10 aromatic rings. The Balaban J connectivity index is 1.14. The Kier molecular flexibility index (Phi) is 6.01. The Morgan fingerprint density at radius 3 is 1.87 bits per heavy atom. The largest absolute Gasteiger partial charge is 0.453 e. The van der Waals surface area contributed by atoms with Crippen molar-refractivity contribution >= 4 is 71.6 Å². The molecule has 246 valence electrons. The number of aromatic nitrogens is 1. The quantitative estimate of drug-likeness (QED) is 0.186. The minimum absolute atomic E-state index is 0.127. The first-order valence-corrected chi connectivity index (χ1v) is 18.0. The summed E-state index contributed by atoms with van der Waals surface area (Å²) >= 11 is 0. The third-order valence-electron chi connectivity index (χ3n) is 11.4. The van der Waals surface area contributed by atoms with Gasteiger partial charge < -0.3 is 13.9 Å². The van der Waals surface area contributed by atoms with E-state index in [0.717, 1.165) is 50.1 Å². The topological polar surface area (TPSA) is 21.3 Å². The van der Waals surface area contributed by atoms with Crippen LogP contribution in [0.15, 0.2) is 174 Å². The summed E-state index contributed by atoms with van der Waals surface area (Å²) in [6, 6.07) is 61.6. The second-order valence-electron chi connectivity index (χ2n) is 14.5. The molecular weight excluding hydrogens is 633 g/mol. The molecule has 2 heterocycles. The number of hydrogen-bond donors (Lipinski definition) is 0. The van der Waals surface area contributed by atoms with E-state index >= 15 is 0 Å². The molecule has 0 N–H and O–H groups in total. The van der Waals surface area contributed by atoms with Crippen LogP contribution in [0.1, 0.15) is 25.0 Å². The van der Waals surface area contributed by atoms with E-state index < -0.39 is 0 Å². The summed E-state index contributed by atoms with van der Waals surface area (Å²) in [6.45, 7) is 4.69. The lowest BCUT2D eigenvalue weighted by Gasteiger charge is -2.28. The summed E-state index contributed by atoms with van der Waals surface area (Å²) in [5.74, 6) is 0. The van der Waals surface area contributed by atoms with Crippen LogP contribution in [0.4, 0.5) is 17.1 Å². The molecule has 0 unspecified atom stereocenters. The SMILES string of the molecule is CC1(C)c2ccccc2-c2ccc(N(c3ccc(-n4c5ccccc5c5ccccc54)cc3)c3cccc4c3oc3c5ccccc5ccc43)cc21.